The molecule has 19 heavy (non-hydrogen) atoms. The average Bonchev–Trinajstić information content (AvgIpc) is 2.27. The lowest BCUT2D eigenvalue weighted by atomic mass is 9.96. The standard InChI is InChI=1S/C14H30N2O3/c1-11(2)15-14(5,13(17)18)7-8-16(12(3)4)9-10-19-6/h11-12,15H,7-10H2,1-6H3,(H,17,18). The van der Waals surface area contributed by atoms with Crippen LogP contribution in [0.3, 0.4) is 0 Å². The molecule has 0 radical (unpaired) electrons. The second kappa shape index (κ2) is 8.51. The predicted octanol–water partition coefficient (Wildman–Crippen LogP) is 1.57. The number of carbonyl (C=O) groups is 1. The molecule has 0 saturated carbocycles. The largest absolute Gasteiger partial charge is 0.480 e. The third-order valence-corrected chi connectivity index (χ3v) is 3.29. The summed E-state index contributed by atoms with van der Waals surface area (Å²) in [5.74, 6) is -0.795. The van der Waals surface area contributed by atoms with Crippen molar-refractivity contribution in [1.82, 2.24) is 10.2 Å². The normalized spacial score (nSPS) is 15.2. The molecule has 0 bridgehead atoms. The van der Waals surface area contributed by atoms with Gasteiger partial charge in [-0.05, 0) is 41.0 Å². The fraction of sp³-hybridized carbons (Fsp3) is 0.929. The summed E-state index contributed by atoms with van der Waals surface area (Å²) in [6.07, 6.45) is 0.572. The van der Waals surface area contributed by atoms with Crippen LogP contribution in [-0.2, 0) is 9.53 Å². The first-order valence-electron chi connectivity index (χ1n) is 6.97. The van der Waals surface area contributed by atoms with Crippen molar-refractivity contribution in [3.05, 3.63) is 0 Å². The summed E-state index contributed by atoms with van der Waals surface area (Å²) in [5, 5.41) is 12.6. The zero-order valence-electron chi connectivity index (χ0n) is 13.2. The molecule has 0 saturated heterocycles. The predicted molar refractivity (Wildman–Crippen MR) is 77.5 cm³/mol. The number of carboxylic acid groups (broad SMARTS) is 1. The molecule has 0 amide bonds. The number of methoxy groups -OCH3 is 1. The fourth-order valence-electron chi connectivity index (χ4n) is 2.08. The second-order valence-corrected chi connectivity index (χ2v) is 5.81. The van der Waals surface area contributed by atoms with Crippen molar-refractivity contribution >= 4 is 5.97 Å². The molecule has 0 rings (SSSR count). The average molecular weight is 274 g/mol. The quantitative estimate of drug-likeness (QED) is 0.633. The molecular formula is C14H30N2O3. The number of nitrogens with zero attached hydrogens (tertiary/aromatic N) is 1. The molecule has 0 aliphatic rings. The zero-order chi connectivity index (χ0) is 15.1. The molecule has 2 N–H and O–H groups in total. The molecule has 5 nitrogen and oxygen atoms in total. The van der Waals surface area contributed by atoms with Crippen LogP contribution in [0.25, 0.3) is 0 Å². The summed E-state index contributed by atoms with van der Waals surface area (Å²) in [4.78, 5) is 13.7. The van der Waals surface area contributed by atoms with Gasteiger partial charge in [0, 0.05) is 32.3 Å². The van der Waals surface area contributed by atoms with Crippen LogP contribution in [0.5, 0.6) is 0 Å². The Kier molecular flexibility index (Phi) is 8.22. The maximum atomic E-state index is 11.4. The molecule has 1 atom stereocenters. The van der Waals surface area contributed by atoms with Gasteiger partial charge in [0.2, 0.25) is 0 Å². The van der Waals surface area contributed by atoms with Gasteiger partial charge in [0.25, 0.3) is 0 Å². The molecule has 0 aliphatic heterocycles. The van der Waals surface area contributed by atoms with Crippen molar-refractivity contribution < 1.29 is 14.6 Å². The van der Waals surface area contributed by atoms with Crippen LogP contribution in [0.2, 0.25) is 0 Å². The third-order valence-electron chi connectivity index (χ3n) is 3.29. The van der Waals surface area contributed by atoms with Crippen LogP contribution in [0, 0.1) is 0 Å². The minimum atomic E-state index is -0.881. The van der Waals surface area contributed by atoms with Crippen molar-refractivity contribution in [1.29, 1.82) is 0 Å². The van der Waals surface area contributed by atoms with E-state index in [1.165, 1.54) is 0 Å². The van der Waals surface area contributed by atoms with Gasteiger partial charge in [-0.3, -0.25) is 15.0 Å². The van der Waals surface area contributed by atoms with Crippen molar-refractivity contribution in [2.24, 2.45) is 0 Å². The highest BCUT2D eigenvalue weighted by Gasteiger charge is 2.33. The van der Waals surface area contributed by atoms with E-state index in [-0.39, 0.29) is 6.04 Å². The number of nitrogens with one attached hydrogen (secondary N) is 1. The number of hydrogen-bond donors (Lipinski definition) is 2. The first kappa shape index (κ1) is 18.4. The summed E-state index contributed by atoms with van der Waals surface area (Å²) in [6.45, 7) is 12.1. The van der Waals surface area contributed by atoms with Crippen molar-refractivity contribution in [3.63, 3.8) is 0 Å². The molecule has 0 heterocycles. The minimum Gasteiger partial charge on any atom is -0.480 e. The third kappa shape index (κ3) is 6.89. The van der Waals surface area contributed by atoms with Gasteiger partial charge in [-0.25, -0.2) is 0 Å². The number of aliphatic carboxylic acids is 1. The Morgan fingerprint density at radius 2 is 1.89 bits per heavy atom. The summed E-state index contributed by atoms with van der Waals surface area (Å²) in [5.41, 5.74) is -0.881. The smallest absolute Gasteiger partial charge is 0.323 e. The van der Waals surface area contributed by atoms with Crippen LogP contribution < -0.4 is 5.32 Å². The Balaban J connectivity index is 4.54. The van der Waals surface area contributed by atoms with E-state index in [2.05, 4.69) is 24.1 Å². The van der Waals surface area contributed by atoms with Gasteiger partial charge in [0.15, 0.2) is 0 Å². The van der Waals surface area contributed by atoms with Gasteiger partial charge in [0.1, 0.15) is 5.54 Å². The van der Waals surface area contributed by atoms with E-state index in [1.54, 1.807) is 14.0 Å². The molecule has 5 heteroatoms. The lowest BCUT2D eigenvalue weighted by molar-refractivity contribution is -0.145. The zero-order valence-corrected chi connectivity index (χ0v) is 13.2. The van der Waals surface area contributed by atoms with Crippen LogP contribution in [0.4, 0.5) is 0 Å². The summed E-state index contributed by atoms with van der Waals surface area (Å²) in [6, 6.07) is 0.528. The first-order valence-corrected chi connectivity index (χ1v) is 6.97. The first-order chi connectivity index (χ1) is 8.73. The topological polar surface area (TPSA) is 61.8 Å². The van der Waals surface area contributed by atoms with E-state index >= 15 is 0 Å². The number of hydrogen-bond acceptors (Lipinski definition) is 4. The Morgan fingerprint density at radius 1 is 1.32 bits per heavy atom. The van der Waals surface area contributed by atoms with Gasteiger partial charge in [-0.1, -0.05) is 0 Å². The molecule has 0 fully saturated rings. The van der Waals surface area contributed by atoms with E-state index in [0.717, 1.165) is 13.1 Å². The molecule has 0 aliphatic carbocycles. The van der Waals surface area contributed by atoms with Gasteiger partial charge < -0.3 is 9.84 Å². The van der Waals surface area contributed by atoms with Gasteiger partial charge in [-0.15, -0.1) is 0 Å². The van der Waals surface area contributed by atoms with E-state index in [4.69, 9.17) is 4.74 Å². The fourth-order valence-corrected chi connectivity index (χ4v) is 2.08. The summed E-state index contributed by atoms with van der Waals surface area (Å²) in [7, 11) is 1.68. The molecule has 1 unspecified atom stereocenters. The van der Waals surface area contributed by atoms with E-state index in [9.17, 15) is 9.90 Å². The maximum absolute atomic E-state index is 11.4. The van der Waals surface area contributed by atoms with Gasteiger partial charge >= 0.3 is 5.97 Å². The molecule has 0 aromatic heterocycles. The molecule has 0 spiro atoms. The Bertz CT molecular complexity index is 269. The van der Waals surface area contributed by atoms with Crippen LogP contribution in [0.15, 0.2) is 0 Å². The highest BCUT2D eigenvalue weighted by atomic mass is 16.5. The minimum absolute atomic E-state index is 0.146. The Labute approximate surface area is 117 Å². The Hall–Kier alpha value is -0.650. The highest BCUT2D eigenvalue weighted by Crippen LogP contribution is 2.13. The second-order valence-electron chi connectivity index (χ2n) is 5.81. The lowest BCUT2D eigenvalue weighted by Gasteiger charge is -2.33. The number of ether oxygens (including phenoxy) is 1. The van der Waals surface area contributed by atoms with Crippen molar-refractivity contribution in [2.75, 3.05) is 26.8 Å². The lowest BCUT2D eigenvalue weighted by Crippen LogP contribution is -2.54. The molecule has 114 valence electrons. The summed E-state index contributed by atoms with van der Waals surface area (Å²) < 4.78 is 5.09. The van der Waals surface area contributed by atoms with Crippen molar-refractivity contribution in [3.8, 4) is 0 Å². The maximum Gasteiger partial charge on any atom is 0.323 e. The highest BCUT2D eigenvalue weighted by molar-refractivity contribution is 5.78. The number of carboxylic acids is 1. The monoisotopic (exact) mass is 274 g/mol. The summed E-state index contributed by atoms with van der Waals surface area (Å²) >= 11 is 0. The van der Waals surface area contributed by atoms with Crippen molar-refractivity contribution in [2.45, 2.75) is 58.7 Å². The van der Waals surface area contributed by atoms with Crippen LogP contribution in [0.1, 0.15) is 41.0 Å². The Morgan fingerprint density at radius 3 is 2.26 bits per heavy atom. The SMILES string of the molecule is COCCN(CCC(C)(NC(C)C)C(=O)O)C(C)C. The number of rotatable bonds is 10. The molecule has 0 aromatic carbocycles. The van der Waals surface area contributed by atoms with Crippen LogP contribution in [-0.4, -0.2) is 60.4 Å². The van der Waals surface area contributed by atoms with Crippen LogP contribution >= 0.6 is 0 Å². The van der Waals surface area contributed by atoms with Gasteiger partial charge in [0.05, 0.1) is 6.61 Å². The van der Waals surface area contributed by atoms with E-state index in [1.807, 2.05) is 13.8 Å². The van der Waals surface area contributed by atoms with Gasteiger partial charge in [-0.2, -0.15) is 0 Å². The molecule has 0 aromatic rings. The molecular weight excluding hydrogens is 244 g/mol. The van der Waals surface area contributed by atoms with E-state index < -0.39 is 11.5 Å². The van der Waals surface area contributed by atoms with E-state index in [0.29, 0.717) is 19.1 Å².